The van der Waals surface area contributed by atoms with Gasteiger partial charge in [-0.3, -0.25) is 0 Å². The molecule has 0 aliphatic heterocycles. The molecule has 0 amide bonds. The SMILES string of the molecule is CCCCCCc1cc(-c2sc(-c3sc(-c4sc(-c5cc6c(s5)c5ccccc5n6CC)cc4CCCCCC)cc3CCCCCC)cc2CCCCCC)sc1/C=C(\C#N)C(=O)O. The van der Waals surface area contributed by atoms with Crippen molar-refractivity contribution in [2.45, 2.75) is 170 Å². The lowest BCUT2D eigenvalue weighted by Crippen LogP contribution is -1.97. The van der Waals surface area contributed by atoms with E-state index in [9.17, 15) is 15.2 Å². The number of nitrogens with zero attached hydrogens (tertiary/aromatic N) is 2. The summed E-state index contributed by atoms with van der Waals surface area (Å²) in [7, 11) is 0. The average molecular weight is 962 g/mol. The highest BCUT2D eigenvalue weighted by Crippen LogP contribution is 2.51. The van der Waals surface area contributed by atoms with Crippen LogP contribution in [0.4, 0.5) is 0 Å². The predicted octanol–water partition coefficient (Wildman–Crippen LogP) is 19.3. The number of hydrogen-bond donors (Lipinski definition) is 1. The molecular weight excluding hydrogens is 893 g/mol. The number of nitriles is 1. The predicted molar refractivity (Wildman–Crippen MR) is 289 cm³/mol. The number of aryl methyl sites for hydroxylation is 5. The molecule has 344 valence electrons. The number of aliphatic carboxylic acids is 1. The molecule has 1 N–H and O–H groups in total. The number of para-hydroxylation sites is 1. The summed E-state index contributed by atoms with van der Waals surface area (Å²) in [6.07, 6.45) is 25.1. The van der Waals surface area contributed by atoms with Crippen molar-refractivity contribution in [1.29, 1.82) is 5.26 Å². The molecular formula is C56H68N2O2S5. The summed E-state index contributed by atoms with van der Waals surface area (Å²) in [5.41, 5.74) is 8.04. The van der Waals surface area contributed by atoms with Crippen LogP contribution in [0.1, 0.15) is 164 Å². The molecule has 0 unspecified atom stereocenters. The molecule has 7 aromatic rings. The molecule has 6 heterocycles. The average Bonchev–Trinajstić information content (AvgIpc) is 4.18. The summed E-state index contributed by atoms with van der Waals surface area (Å²) in [5, 5.41) is 21.0. The molecule has 0 saturated carbocycles. The van der Waals surface area contributed by atoms with Gasteiger partial charge in [0, 0.05) is 61.3 Å². The van der Waals surface area contributed by atoms with Gasteiger partial charge in [-0.25, -0.2) is 4.79 Å². The van der Waals surface area contributed by atoms with E-state index in [-0.39, 0.29) is 5.57 Å². The van der Waals surface area contributed by atoms with Gasteiger partial charge in [0.05, 0.1) is 10.2 Å². The molecule has 0 saturated heterocycles. The van der Waals surface area contributed by atoms with Crippen LogP contribution < -0.4 is 0 Å². The smallest absolute Gasteiger partial charge is 0.346 e. The third-order valence-corrected chi connectivity index (χ3v) is 19.3. The number of rotatable bonds is 27. The molecule has 0 atom stereocenters. The van der Waals surface area contributed by atoms with E-state index in [0.717, 1.165) is 56.4 Å². The van der Waals surface area contributed by atoms with Crippen molar-refractivity contribution < 1.29 is 9.90 Å². The minimum atomic E-state index is -1.16. The lowest BCUT2D eigenvalue weighted by atomic mass is 10.0. The zero-order chi connectivity index (χ0) is 45.7. The summed E-state index contributed by atoms with van der Waals surface area (Å²) in [6, 6.07) is 23.2. The normalized spacial score (nSPS) is 12.0. The van der Waals surface area contributed by atoms with Gasteiger partial charge in [-0.05, 0) is 123 Å². The second-order valence-corrected chi connectivity index (χ2v) is 23.0. The first-order valence-electron chi connectivity index (χ1n) is 24.7. The molecule has 0 spiro atoms. The van der Waals surface area contributed by atoms with E-state index in [1.165, 1.54) is 166 Å². The third kappa shape index (κ3) is 11.9. The van der Waals surface area contributed by atoms with Crippen molar-refractivity contribution >= 4 is 89.8 Å². The van der Waals surface area contributed by atoms with Gasteiger partial charge in [0.2, 0.25) is 0 Å². The van der Waals surface area contributed by atoms with Crippen molar-refractivity contribution in [2.24, 2.45) is 0 Å². The molecule has 0 fully saturated rings. The quantitative estimate of drug-likeness (QED) is 0.0317. The Kier molecular flexibility index (Phi) is 18.4. The van der Waals surface area contributed by atoms with E-state index in [4.69, 9.17) is 0 Å². The summed E-state index contributed by atoms with van der Waals surface area (Å²) in [5.74, 6) is -1.16. The first-order valence-corrected chi connectivity index (χ1v) is 28.8. The Hall–Kier alpha value is -3.78. The number of carboxylic acids is 1. The van der Waals surface area contributed by atoms with E-state index in [1.807, 2.05) is 51.4 Å². The Labute approximate surface area is 408 Å². The highest BCUT2D eigenvalue weighted by Gasteiger charge is 2.24. The minimum Gasteiger partial charge on any atom is -0.477 e. The van der Waals surface area contributed by atoms with Crippen molar-refractivity contribution in [3.05, 3.63) is 87.3 Å². The van der Waals surface area contributed by atoms with Crippen LogP contribution in [-0.2, 0) is 37.0 Å². The second-order valence-electron chi connectivity index (χ2n) is 17.7. The van der Waals surface area contributed by atoms with Crippen LogP contribution in [0.2, 0.25) is 0 Å². The van der Waals surface area contributed by atoms with Crippen molar-refractivity contribution in [2.75, 3.05) is 0 Å². The molecule has 0 aliphatic rings. The Morgan fingerprint density at radius 3 is 1.49 bits per heavy atom. The van der Waals surface area contributed by atoms with E-state index in [2.05, 4.69) is 93.8 Å². The molecule has 4 nitrogen and oxygen atoms in total. The van der Waals surface area contributed by atoms with Crippen LogP contribution in [-0.4, -0.2) is 15.6 Å². The molecule has 9 heteroatoms. The third-order valence-electron chi connectivity index (χ3n) is 12.8. The maximum Gasteiger partial charge on any atom is 0.346 e. The number of carbonyl (C=O) groups is 1. The number of hydrogen-bond acceptors (Lipinski definition) is 7. The minimum absolute atomic E-state index is 0.198. The van der Waals surface area contributed by atoms with Crippen LogP contribution in [0, 0.1) is 11.3 Å². The lowest BCUT2D eigenvalue weighted by molar-refractivity contribution is -0.132. The lowest BCUT2D eigenvalue weighted by Gasteiger charge is -2.02. The van der Waals surface area contributed by atoms with Crippen LogP contribution in [0.5, 0.6) is 0 Å². The fourth-order valence-electron chi connectivity index (χ4n) is 9.20. The maximum atomic E-state index is 12.0. The zero-order valence-corrected chi connectivity index (χ0v) is 43.5. The summed E-state index contributed by atoms with van der Waals surface area (Å²) >= 11 is 9.58. The van der Waals surface area contributed by atoms with Gasteiger partial charge >= 0.3 is 5.97 Å². The zero-order valence-electron chi connectivity index (χ0n) is 39.4. The number of fused-ring (bicyclic) bond motifs is 3. The highest BCUT2D eigenvalue weighted by atomic mass is 32.1. The first-order chi connectivity index (χ1) is 31.8. The van der Waals surface area contributed by atoms with Crippen molar-refractivity contribution in [3.8, 4) is 45.1 Å². The molecule has 0 aliphatic carbocycles. The fraction of sp³-hybridized carbons (Fsp3) is 0.464. The van der Waals surface area contributed by atoms with Crippen molar-refractivity contribution in [3.63, 3.8) is 0 Å². The number of unbranched alkanes of at least 4 members (excludes halogenated alkanes) is 12. The molecule has 0 radical (unpaired) electrons. The van der Waals surface area contributed by atoms with Gasteiger partial charge in [-0.2, -0.15) is 5.26 Å². The Morgan fingerprint density at radius 2 is 1.00 bits per heavy atom. The van der Waals surface area contributed by atoms with Crippen LogP contribution in [0.25, 0.3) is 66.2 Å². The molecule has 0 bridgehead atoms. The largest absolute Gasteiger partial charge is 0.477 e. The van der Waals surface area contributed by atoms with Crippen LogP contribution in [0.15, 0.2) is 60.2 Å². The van der Waals surface area contributed by atoms with Crippen molar-refractivity contribution in [1.82, 2.24) is 4.57 Å². The number of carboxylic acid groups (broad SMARTS) is 1. The first kappa shape index (κ1) is 49.1. The van der Waals surface area contributed by atoms with Gasteiger partial charge in [0.1, 0.15) is 11.6 Å². The molecule has 1 aromatic carbocycles. The molecule has 7 rings (SSSR count). The van der Waals surface area contributed by atoms with Gasteiger partial charge < -0.3 is 9.67 Å². The van der Waals surface area contributed by atoms with Crippen LogP contribution in [0.3, 0.4) is 0 Å². The number of thiophene rings is 5. The summed E-state index contributed by atoms with van der Waals surface area (Å²) in [6.45, 7) is 12.3. The van der Waals surface area contributed by atoms with Gasteiger partial charge in [-0.15, -0.1) is 56.7 Å². The summed E-state index contributed by atoms with van der Waals surface area (Å²) < 4.78 is 3.88. The highest BCUT2D eigenvalue weighted by molar-refractivity contribution is 7.31. The number of aromatic nitrogens is 1. The maximum absolute atomic E-state index is 12.0. The van der Waals surface area contributed by atoms with E-state index in [1.54, 1.807) is 17.4 Å². The van der Waals surface area contributed by atoms with Crippen LogP contribution >= 0.6 is 56.7 Å². The second kappa shape index (κ2) is 24.3. The molecule has 6 aromatic heterocycles. The Balaban J connectivity index is 1.33. The fourth-order valence-corrected chi connectivity index (χ4v) is 15.7. The Morgan fingerprint density at radius 1 is 0.554 bits per heavy atom. The summed E-state index contributed by atoms with van der Waals surface area (Å²) in [4.78, 5) is 23.9. The number of benzene rings is 1. The molecule has 65 heavy (non-hydrogen) atoms. The monoisotopic (exact) mass is 960 g/mol. The topological polar surface area (TPSA) is 66.0 Å². The van der Waals surface area contributed by atoms with E-state index in [0.29, 0.717) is 0 Å². The van der Waals surface area contributed by atoms with Gasteiger partial charge in [0.15, 0.2) is 0 Å². The van der Waals surface area contributed by atoms with E-state index >= 15 is 0 Å². The van der Waals surface area contributed by atoms with E-state index < -0.39 is 5.97 Å². The van der Waals surface area contributed by atoms with Gasteiger partial charge in [0.25, 0.3) is 0 Å². The standard InChI is InChI=1S/C56H68N2O2S5/c1-6-11-15-19-25-38-31-49(61-46(38)35-42(37-57)56(59)60)52-40(27-21-17-13-8-3)33-51(64-52)54-41(28-22-18-14-9-4)34-50(65-54)53-39(26-20-16-12-7-2)32-47(62-53)48-36-45-55(63-48)43-29-23-24-30-44(43)58(45)10-5/h23-24,29-36H,6-22,25-28H2,1-5H3,(H,59,60)/b42-35+. The van der Waals surface area contributed by atoms with Gasteiger partial charge in [-0.1, -0.05) is 123 Å². The Bertz CT molecular complexity index is 2720.